The van der Waals surface area contributed by atoms with Crippen LogP contribution in [-0.4, -0.2) is 0 Å². The van der Waals surface area contributed by atoms with Gasteiger partial charge in [-0.1, -0.05) is 18.2 Å². The third kappa shape index (κ3) is 3.42. The van der Waals surface area contributed by atoms with Crippen LogP contribution in [-0.2, 0) is 6.61 Å². The number of para-hydroxylation sites is 1. The molecule has 0 saturated carbocycles. The molecule has 88 valence electrons. The van der Waals surface area contributed by atoms with E-state index < -0.39 is 0 Å². The van der Waals surface area contributed by atoms with Crippen molar-refractivity contribution in [1.82, 2.24) is 0 Å². The van der Waals surface area contributed by atoms with Crippen LogP contribution in [0.4, 0.5) is 4.39 Å². The predicted molar refractivity (Wildman–Crippen MR) is 77.6 cm³/mol. The van der Waals surface area contributed by atoms with Crippen LogP contribution in [0.2, 0.25) is 0 Å². The van der Waals surface area contributed by atoms with Crippen LogP contribution in [0.5, 0.6) is 5.75 Å². The Morgan fingerprint density at radius 3 is 2.65 bits per heavy atom. The normalized spacial score (nSPS) is 10.3. The molecule has 0 aliphatic carbocycles. The standard InChI is InChI=1S/C13H9BrFIO/c14-10-7-9(5-6-11(10)15)8-17-13-4-2-1-3-12(13)16/h1-7H,8H2. The quantitative estimate of drug-likeness (QED) is 0.667. The molecule has 0 atom stereocenters. The summed E-state index contributed by atoms with van der Waals surface area (Å²) in [6.45, 7) is 0.429. The van der Waals surface area contributed by atoms with Crippen LogP contribution in [0.1, 0.15) is 5.56 Å². The smallest absolute Gasteiger partial charge is 0.137 e. The molecule has 0 radical (unpaired) electrons. The Morgan fingerprint density at radius 2 is 1.94 bits per heavy atom. The summed E-state index contributed by atoms with van der Waals surface area (Å²) in [4.78, 5) is 0. The summed E-state index contributed by atoms with van der Waals surface area (Å²) in [5.74, 6) is 0.580. The molecule has 0 unspecified atom stereocenters. The third-order valence-corrected chi connectivity index (χ3v) is 3.71. The molecule has 0 spiro atoms. The van der Waals surface area contributed by atoms with E-state index in [1.165, 1.54) is 6.07 Å². The molecule has 2 rings (SSSR count). The highest BCUT2D eigenvalue weighted by Crippen LogP contribution is 2.22. The highest BCUT2D eigenvalue weighted by atomic mass is 127. The van der Waals surface area contributed by atoms with Crippen molar-refractivity contribution < 1.29 is 9.13 Å². The van der Waals surface area contributed by atoms with Gasteiger partial charge in [-0.2, -0.15) is 0 Å². The Balaban J connectivity index is 2.08. The number of halogens is 3. The van der Waals surface area contributed by atoms with E-state index in [0.717, 1.165) is 14.9 Å². The second-order valence-corrected chi connectivity index (χ2v) is 5.48. The van der Waals surface area contributed by atoms with Gasteiger partial charge < -0.3 is 4.74 Å². The van der Waals surface area contributed by atoms with Crippen molar-refractivity contribution in [3.63, 3.8) is 0 Å². The van der Waals surface area contributed by atoms with Gasteiger partial charge in [0.2, 0.25) is 0 Å². The van der Waals surface area contributed by atoms with Crippen molar-refractivity contribution >= 4 is 38.5 Å². The molecule has 0 saturated heterocycles. The molecule has 2 aromatic rings. The fraction of sp³-hybridized carbons (Fsp3) is 0.0769. The summed E-state index contributed by atoms with van der Waals surface area (Å²) in [5, 5.41) is 0. The summed E-state index contributed by atoms with van der Waals surface area (Å²) in [5.41, 5.74) is 0.929. The average Bonchev–Trinajstić information content (AvgIpc) is 2.32. The lowest BCUT2D eigenvalue weighted by Crippen LogP contribution is -1.97. The van der Waals surface area contributed by atoms with Crippen LogP contribution >= 0.6 is 38.5 Å². The number of benzene rings is 2. The molecule has 4 heteroatoms. The fourth-order valence-corrected chi connectivity index (χ4v) is 2.32. The predicted octanol–water partition coefficient (Wildman–Crippen LogP) is 4.77. The Hall–Kier alpha value is -0.620. The van der Waals surface area contributed by atoms with Crippen molar-refractivity contribution in [3.8, 4) is 5.75 Å². The van der Waals surface area contributed by atoms with Gasteiger partial charge in [-0.25, -0.2) is 4.39 Å². The number of hydrogen-bond acceptors (Lipinski definition) is 1. The van der Waals surface area contributed by atoms with Crippen molar-refractivity contribution in [2.75, 3.05) is 0 Å². The second-order valence-electron chi connectivity index (χ2n) is 3.47. The lowest BCUT2D eigenvalue weighted by molar-refractivity contribution is 0.304. The SMILES string of the molecule is Fc1ccc(COc2ccccc2I)cc1Br. The zero-order chi connectivity index (χ0) is 12.3. The van der Waals surface area contributed by atoms with Crippen molar-refractivity contribution in [2.24, 2.45) is 0 Å². The first-order chi connectivity index (χ1) is 8.16. The summed E-state index contributed by atoms with van der Waals surface area (Å²) < 4.78 is 20.2. The molecule has 0 aliphatic heterocycles. The van der Waals surface area contributed by atoms with E-state index in [1.807, 2.05) is 24.3 Å². The number of hydrogen-bond donors (Lipinski definition) is 0. The molecule has 0 N–H and O–H groups in total. The van der Waals surface area contributed by atoms with Gasteiger partial charge in [0.15, 0.2) is 0 Å². The Bertz CT molecular complexity index is 531. The summed E-state index contributed by atoms with van der Waals surface area (Å²) in [6.07, 6.45) is 0. The van der Waals surface area contributed by atoms with E-state index >= 15 is 0 Å². The maximum absolute atomic E-state index is 13.0. The summed E-state index contributed by atoms with van der Waals surface area (Å²) in [7, 11) is 0. The second kappa shape index (κ2) is 5.82. The van der Waals surface area contributed by atoms with Gasteiger partial charge in [0.1, 0.15) is 18.2 Å². The van der Waals surface area contributed by atoms with E-state index in [1.54, 1.807) is 12.1 Å². The minimum atomic E-state index is -0.261. The Labute approximate surface area is 121 Å². The lowest BCUT2D eigenvalue weighted by Gasteiger charge is -2.08. The minimum Gasteiger partial charge on any atom is -0.488 e. The summed E-state index contributed by atoms with van der Waals surface area (Å²) in [6, 6.07) is 12.7. The Kier molecular flexibility index (Phi) is 4.39. The van der Waals surface area contributed by atoms with E-state index in [2.05, 4.69) is 38.5 Å². The molecular formula is C13H9BrFIO. The average molecular weight is 407 g/mol. The van der Waals surface area contributed by atoms with Crippen LogP contribution < -0.4 is 4.74 Å². The van der Waals surface area contributed by atoms with Crippen LogP contribution in [0.3, 0.4) is 0 Å². The first kappa shape index (κ1) is 12.8. The molecule has 0 fully saturated rings. The summed E-state index contributed by atoms with van der Waals surface area (Å²) >= 11 is 5.38. The lowest BCUT2D eigenvalue weighted by atomic mass is 10.2. The largest absolute Gasteiger partial charge is 0.488 e. The number of ether oxygens (including phenoxy) is 1. The van der Waals surface area contributed by atoms with Crippen molar-refractivity contribution in [3.05, 3.63) is 61.9 Å². The maximum Gasteiger partial charge on any atom is 0.137 e. The monoisotopic (exact) mass is 406 g/mol. The van der Waals surface area contributed by atoms with Gasteiger partial charge in [0.05, 0.1) is 8.04 Å². The van der Waals surface area contributed by atoms with Gasteiger partial charge in [-0.05, 0) is 68.3 Å². The van der Waals surface area contributed by atoms with E-state index in [0.29, 0.717) is 11.1 Å². The van der Waals surface area contributed by atoms with Gasteiger partial charge in [-0.15, -0.1) is 0 Å². The van der Waals surface area contributed by atoms with Crippen LogP contribution in [0.15, 0.2) is 46.9 Å². The molecule has 0 amide bonds. The first-order valence-electron chi connectivity index (χ1n) is 4.98. The zero-order valence-corrected chi connectivity index (χ0v) is 12.5. The highest BCUT2D eigenvalue weighted by Gasteiger charge is 2.03. The van der Waals surface area contributed by atoms with Gasteiger partial charge in [0.25, 0.3) is 0 Å². The van der Waals surface area contributed by atoms with Gasteiger partial charge >= 0.3 is 0 Å². The maximum atomic E-state index is 13.0. The molecule has 0 heterocycles. The molecule has 0 bridgehead atoms. The topological polar surface area (TPSA) is 9.23 Å². The van der Waals surface area contributed by atoms with Crippen molar-refractivity contribution in [1.29, 1.82) is 0 Å². The van der Waals surface area contributed by atoms with Gasteiger partial charge in [-0.3, -0.25) is 0 Å². The molecular weight excluding hydrogens is 398 g/mol. The Morgan fingerprint density at radius 1 is 1.18 bits per heavy atom. The van der Waals surface area contributed by atoms with E-state index in [4.69, 9.17) is 4.74 Å². The highest BCUT2D eigenvalue weighted by molar-refractivity contribution is 14.1. The molecule has 2 aromatic carbocycles. The zero-order valence-electron chi connectivity index (χ0n) is 8.79. The van der Waals surface area contributed by atoms with Crippen LogP contribution in [0.25, 0.3) is 0 Å². The minimum absolute atomic E-state index is 0.261. The van der Waals surface area contributed by atoms with E-state index in [-0.39, 0.29) is 5.82 Å². The molecule has 17 heavy (non-hydrogen) atoms. The van der Waals surface area contributed by atoms with Crippen LogP contribution in [0, 0.1) is 9.39 Å². The molecule has 0 aromatic heterocycles. The third-order valence-electron chi connectivity index (χ3n) is 2.22. The van der Waals surface area contributed by atoms with E-state index in [9.17, 15) is 4.39 Å². The van der Waals surface area contributed by atoms with Crippen molar-refractivity contribution in [2.45, 2.75) is 6.61 Å². The van der Waals surface area contributed by atoms with Gasteiger partial charge in [0, 0.05) is 0 Å². The fourth-order valence-electron chi connectivity index (χ4n) is 1.35. The first-order valence-corrected chi connectivity index (χ1v) is 6.85. The molecule has 1 nitrogen and oxygen atoms in total. The molecule has 0 aliphatic rings. The number of rotatable bonds is 3.